The maximum absolute atomic E-state index is 6.55. The van der Waals surface area contributed by atoms with Gasteiger partial charge in [-0.05, 0) is 67.7 Å². The molecule has 1 N–H and O–H groups in total. The quantitative estimate of drug-likeness (QED) is 0.227. The van der Waals surface area contributed by atoms with E-state index in [4.69, 9.17) is 4.74 Å². The number of hydrogen-bond acceptors (Lipinski definition) is 2. The number of rotatable bonds is 2. The van der Waals surface area contributed by atoms with E-state index in [9.17, 15) is 0 Å². The zero-order valence-electron chi connectivity index (χ0n) is 22.4. The molecule has 6 aromatic rings. The molecule has 0 saturated heterocycles. The molecule has 0 saturated carbocycles. The first-order valence-electron chi connectivity index (χ1n) is 14.4. The second-order valence-corrected chi connectivity index (χ2v) is 11.3. The van der Waals surface area contributed by atoms with Crippen LogP contribution in [-0.2, 0) is 0 Å². The van der Waals surface area contributed by atoms with Crippen LogP contribution in [0.1, 0.15) is 34.8 Å². The average molecular weight is 526 g/mol. The molecule has 1 aliphatic heterocycles. The minimum atomic E-state index is -0.181. The lowest BCUT2D eigenvalue weighted by molar-refractivity contribution is 0.263. The van der Waals surface area contributed by atoms with Gasteiger partial charge in [0.05, 0.1) is 5.69 Å². The number of ether oxygens (including phenoxy) is 1. The Balaban J connectivity index is 1.15. The fourth-order valence-corrected chi connectivity index (χ4v) is 7.10. The van der Waals surface area contributed by atoms with Crippen LogP contribution >= 0.6 is 0 Å². The fourth-order valence-electron chi connectivity index (χ4n) is 7.10. The van der Waals surface area contributed by atoms with Crippen LogP contribution in [0.25, 0.3) is 43.8 Å². The van der Waals surface area contributed by atoms with Gasteiger partial charge in [-0.2, -0.15) is 0 Å². The Morgan fingerprint density at radius 1 is 0.561 bits per heavy atom. The van der Waals surface area contributed by atoms with Crippen LogP contribution in [0.4, 0.5) is 5.69 Å². The van der Waals surface area contributed by atoms with Crippen LogP contribution in [-0.4, -0.2) is 0 Å². The highest BCUT2D eigenvalue weighted by Crippen LogP contribution is 2.50. The van der Waals surface area contributed by atoms with Gasteiger partial charge < -0.3 is 10.1 Å². The third-order valence-electron chi connectivity index (χ3n) is 9.07. The Morgan fingerprint density at radius 2 is 1.27 bits per heavy atom. The van der Waals surface area contributed by atoms with Crippen molar-refractivity contribution in [2.24, 2.45) is 0 Å². The van der Waals surface area contributed by atoms with Crippen molar-refractivity contribution in [1.29, 1.82) is 0 Å². The molecular formula is C39H27NO. The first kappa shape index (κ1) is 22.7. The van der Waals surface area contributed by atoms with Gasteiger partial charge in [0.1, 0.15) is 0 Å². The largest absolute Gasteiger partial charge is 0.464 e. The molecule has 0 aromatic heterocycles. The van der Waals surface area contributed by atoms with E-state index in [1.54, 1.807) is 0 Å². The lowest BCUT2D eigenvalue weighted by Gasteiger charge is -2.34. The highest BCUT2D eigenvalue weighted by atomic mass is 16.5. The third kappa shape index (κ3) is 3.44. The molecule has 9 rings (SSSR count). The summed E-state index contributed by atoms with van der Waals surface area (Å²) in [5.41, 5.74) is 10.2. The highest BCUT2D eigenvalue weighted by molar-refractivity contribution is 6.13. The van der Waals surface area contributed by atoms with Crippen LogP contribution in [0, 0.1) is 0 Å². The summed E-state index contributed by atoms with van der Waals surface area (Å²) in [6.07, 6.45) is 8.94. The van der Waals surface area contributed by atoms with Crippen LogP contribution < -0.4 is 10.1 Å². The zero-order chi connectivity index (χ0) is 26.9. The van der Waals surface area contributed by atoms with E-state index in [-0.39, 0.29) is 6.23 Å². The maximum atomic E-state index is 6.55. The van der Waals surface area contributed by atoms with Crippen molar-refractivity contribution in [3.05, 3.63) is 156 Å². The standard InChI is InChI=1S/C39H27NO/c1-2-8-25(9-3-1)39-40-36-21-18-24-14-15-28-22-26(16-19-29(28)37(24)38(36)41-39)27-17-20-34-32-12-5-4-10-30(32)31-11-6-7-13-33(31)35(34)23-27/h1-23,31,33,39-40H. The van der Waals surface area contributed by atoms with E-state index in [2.05, 4.69) is 139 Å². The van der Waals surface area contributed by atoms with Crippen molar-refractivity contribution >= 4 is 27.2 Å². The van der Waals surface area contributed by atoms with E-state index in [0.29, 0.717) is 11.8 Å². The van der Waals surface area contributed by atoms with Gasteiger partial charge in [0, 0.05) is 22.8 Å². The van der Waals surface area contributed by atoms with E-state index >= 15 is 0 Å². The number of anilines is 1. The molecule has 3 unspecified atom stereocenters. The molecule has 2 nitrogen and oxygen atoms in total. The minimum absolute atomic E-state index is 0.181. The summed E-state index contributed by atoms with van der Waals surface area (Å²) >= 11 is 0. The predicted molar refractivity (Wildman–Crippen MR) is 170 cm³/mol. The molecule has 2 heteroatoms. The van der Waals surface area contributed by atoms with Crippen molar-refractivity contribution in [3.63, 3.8) is 0 Å². The number of hydrogen-bond donors (Lipinski definition) is 1. The molecule has 41 heavy (non-hydrogen) atoms. The topological polar surface area (TPSA) is 21.3 Å². The van der Waals surface area contributed by atoms with Crippen LogP contribution in [0.5, 0.6) is 5.75 Å². The summed E-state index contributed by atoms with van der Waals surface area (Å²) in [6.45, 7) is 0. The second-order valence-electron chi connectivity index (χ2n) is 11.3. The highest BCUT2D eigenvalue weighted by Gasteiger charge is 2.32. The van der Waals surface area contributed by atoms with Gasteiger partial charge in [-0.1, -0.05) is 121 Å². The van der Waals surface area contributed by atoms with Gasteiger partial charge in [-0.3, -0.25) is 0 Å². The number of benzene rings is 6. The minimum Gasteiger partial charge on any atom is -0.464 e. The lowest BCUT2D eigenvalue weighted by Crippen LogP contribution is -2.16. The molecule has 194 valence electrons. The number of fused-ring (bicyclic) bond motifs is 11. The van der Waals surface area contributed by atoms with Crippen molar-refractivity contribution in [3.8, 4) is 28.0 Å². The number of allylic oxidation sites excluding steroid dienone is 4. The van der Waals surface area contributed by atoms with Crippen molar-refractivity contribution in [1.82, 2.24) is 0 Å². The second kappa shape index (κ2) is 8.71. The Hall–Kier alpha value is -5.08. The molecule has 0 bridgehead atoms. The molecule has 0 fully saturated rings. The van der Waals surface area contributed by atoms with Gasteiger partial charge in [0.25, 0.3) is 0 Å². The van der Waals surface area contributed by atoms with Gasteiger partial charge in [0.15, 0.2) is 12.0 Å². The molecule has 3 atom stereocenters. The number of nitrogens with one attached hydrogen (secondary N) is 1. The Labute approximate surface area is 239 Å². The summed E-state index contributed by atoms with van der Waals surface area (Å²) in [5, 5.41) is 8.36. The van der Waals surface area contributed by atoms with E-state index in [1.165, 1.54) is 54.9 Å². The zero-order valence-corrected chi connectivity index (χ0v) is 22.4. The maximum Gasteiger partial charge on any atom is 0.196 e. The summed E-state index contributed by atoms with van der Waals surface area (Å²) in [6, 6.07) is 41.9. The van der Waals surface area contributed by atoms with E-state index in [0.717, 1.165) is 17.0 Å². The summed E-state index contributed by atoms with van der Waals surface area (Å²) in [5.74, 6) is 1.68. The van der Waals surface area contributed by atoms with E-state index in [1.807, 2.05) is 6.07 Å². The summed E-state index contributed by atoms with van der Waals surface area (Å²) in [4.78, 5) is 0. The van der Waals surface area contributed by atoms with Gasteiger partial charge >= 0.3 is 0 Å². The van der Waals surface area contributed by atoms with Crippen molar-refractivity contribution < 1.29 is 4.74 Å². The molecule has 0 radical (unpaired) electrons. The molecule has 0 amide bonds. The molecule has 2 aliphatic carbocycles. The first-order valence-corrected chi connectivity index (χ1v) is 14.4. The first-order chi connectivity index (χ1) is 20.3. The Morgan fingerprint density at radius 3 is 2.17 bits per heavy atom. The van der Waals surface area contributed by atoms with Crippen LogP contribution in [0.2, 0.25) is 0 Å². The summed E-state index contributed by atoms with van der Waals surface area (Å²) in [7, 11) is 0. The predicted octanol–water partition coefficient (Wildman–Crippen LogP) is 10.1. The molecular weight excluding hydrogens is 498 g/mol. The SMILES string of the molecule is C1=CC2c3ccccc3-c3ccc(-c4ccc5c(ccc6ccc7c(c65)OC(c5ccccc5)N7)c4)cc3C2C=C1. The summed E-state index contributed by atoms with van der Waals surface area (Å²) < 4.78 is 6.55. The molecule has 6 aromatic carbocycles. The molecule has 0 spiro atoms. The van der Waals surface area contributed by atoms with Crippen molar-refractivity contribution in [2.45, 2.75) is 18.1 Å². The van der Waals surface area contributed by atoms with E-state index < -0.39 is 0 Å². The Bertz CT molecular complexity index is 2070. The van der Waals surface area contributed by atoms with Crippen LogP contribution in [0.15, 0.2) is 140 Å². The third-order valence-corrected chi connectivity index (χ3v) is 9.07. The smallest absolute Gasteiger partial charge is 0.196 e. The molecule has 1 heterocycles. The van der Waals surface area contributed by atoms with Crippen LogP contribution in [0.3, 0.4) is 0 Å². The fraction of sp³-hybridized carbons (Fsp3) is 0.0769. The molecule has 3 aliphatic rings. The average Bonchev–Trinajstić information content (AvgIpc) is 3.49. The lowest BCUT2D eigenvalue weighted by atomic mass is 9.69. The Kier molecular flexibility index (Phi) is 4.82. The van der Waals surface area contributed by atoms with Gasteiger partial charge in [-0.25, -0.2) is 0 Å². The van der Waals surface area contributed by atoms with Crippen molar-refractivity contribution in [2.75, 3.05) is 5.32 Å². The normalized spacial score (nSPS) is 19.7. The monoisotopic (exact) mass is 525 g/mol. The van der Waals surface area contributed by atoms with Gasteiger partial charge in [-0.15, -0.1) is 0 Å². The van der Waals surface area contributed by atoms with Gasteiger partial charge in [0.2, 0.25) is 0 Å².